The van der Waals surface area contributed by atoms with Crippen LogP contribution in [0.4, 0.5) is 5.88 Å². The predicted molar refractivity (Wildman–Crippen MR) is 81.4 cm³/mol. The molecule has 2 aromatic rings. The van der Waals surface area contributed by atoms with E-state index in [4.69, 9.17) is 4.52 Å². The number of carbonyl (C=O) groups is 1. The third-order valence-electron chi connectivity index (χ3n) is 3.97. The number of amides is 1. The van der Waals surface area contributed by atoms with Crippen LogP contribution in [0.1, 0.15) is 48.6 Å². The second kappa shape index (κ2) is 5.72. The first kappa shape index (κ1) is 13.9. The van der Waals surface area contributed by atoms with E-state index in [2.05, 4.69) is 36.5 Å². The van der Waals surface area contributed by atoms with E-state index < -0.39 is 0 Å². The second-order valence-electron chi connectivity index (χ2n) is 5.91. The highest BCUT2D eigenvalue weighted by Crippen LogP contribution is 2.28. The molecule has 0 fully saturated rings. The molecule has 110 valence electrons. The Bertz CT molecular complexity index is 641. The molecule has 3 rings (SSSR count). The first-order valence-electron chi connectivity index (χ1n) is 7.49. The van der Waals surface area contributed by atoms with E-state index in [-0.39, 0.29) is 5.91 Å². The third-order valence-corrected chi connectivity index (χ3v) is 3.97. The average Bonchev–Trinajstić information content (AvgIpc) is 3.04. The number of nitrogens with zero attached hydrogens (tertiary/aromatic N) is 1. The molecule has 0 saturated carbocycles. The molecule has 0 radical (unpaired) electrons. The van der Waals surface area contributed by atoms with Gasteiger partial charge in [-0.3, -0.25) is 10.1 Å². The molecule has 0 spiro atoms. The van der Waals surface area contributed by atoms with Gasteiger partial charge in [-0.05, 0) is 36.3 Å². The molecule has 4 heteroatoms. The number of aromatic nitrogens is 1. The SMILES string of the molecule is CC(C)c1ccc(CC(=O)Nc2onc3c2CCC3)cc1. The minimum atomic E-state index is -0.0573. The molecule has 1 N–H and O–H groups in total. The largest absolute Gasteiger partial charge is 0.338 e. The number of anilines is 1. The summed E-state index contributed by atoms with van der Waals surface area (Å²) in [4.78, 5) is 12.1. The van der Waals surface area contributed by atoms with Crippen LogP contribution in [-0.2, 0) is 24.1 Å². The van der Waals surface area contributed by atoms with Gasteiger partial charge in [-0.2, -0.15) is 0 Å². The van der Waals surface area contributed by atoms with Crippen molar-refractivity contribution in [2.75, 3.05) is 5.32 Å². The summed E-state index contributed by atoms with van der Waals surface area (Å²) < 4.78 is 5.21. The van der Waals surface area contributed by atoms with Crippen molar-refractivity contribution in [2.24, 2.45) is 0 Å². The molecule has 1 aliphatic rings. The van der Waals surface area contributed by atoms with Crippen molar-refractivity contribution in [1.29, 1.82) is 0 Å². The molecule has 0 unspecified atom stereocenters. The number of hydrogen-bond donors (Lipinski definition) is 1. The number of nitrogens with one attached hydrogen (secondary N) is 1. The Morgan fingerprint density at radius 2 is 2.05 bits per heavy atom. The van der Waals surface area contributed by atoms with E-state index in [1.807, 2.05) is 12.1 Å². The van der Waals surface area contributed by atoms with E-state index in [1.54, 1.807) is 0 Å². The molecule has 1 aromatic heterocycles. The van der Waals surface area contributed by atoms with Gasteiger partial charge in [-0.15, -0.1) is 0 Å². The topological polar surface area (TPSA) is 55.1 Å². The molecule has 0 saturated heterocycles. The van der Waals surface area contributed by atoms with Crippen LogP contribution in [0.15, 0.2) is 28.8 Å². The quantitative estimate of drug-likeness (QED) is 0.935. The lowest BCUT2D eigenvalue weighted by Crippen LogP contribution is -2.14. The number of benzene rings is 1. The van der Waals surface area contributed by atoms with E-state index in [1.165, 1.54) is 5.56 Å². The zero-order valence-corrected chi connectivity index (χ0v) is 12.5. The van der Waals surface area contributed by atoms with E-state index in [0.717, 1.165) is 36.1 Å². The summed E-state index contributed by atoms with van der Waals surface area (Å²) in [6.45, 7) is 4.32. The summed E-state index contributed by atoms with van der Waals surface area (Å²) in [6, 6.07) is 8.19. The highest BCUT2D eigenvalue weighted by molar-refractivity contribution is 5.91. The predicted octanol–water partition coefficient (Wildman–Crippen LogP) is 3.47. The molecule has 1 aromatic carbocycles. The van der Waals surface area contributed by atoms with Gasteiger partial charge in [0, 0.05) is 5.56 Å². The fraction of sp³-hybridized carbons (Fsp3) is 0.412. The lowest BCUT2D eigenvalue weighted by molar-refractivity contribution is -0.115. The minimum Gasteiger partial charge on any atom is -0.338 e. The molecule has 0 aliphatic heterocycles. The molecule has 0 atom stereocenters. The Labute approximate surface area is 124 Å². The van der Waals surface area contributed by atoms with Crippen LogP contribution in [0.25, 0.3) is 0 Å². The Morgan fingerprint density at radius 3 is 2.76 bits per heavy atom. The first-order chi connectivity index (χ1) is 10.1. The van der Waals surface area contributed by atoms with Crippen molar-refractivity contribution in [3.8, 4) is 0 Å². The number of hydrogen-bond acceptors (Lipinski definition) is 3. The number of carbonyl (C=O) groups excluding carboxylic acids is 1. The van der Waals surface area contributed by atoms with Crippen LogP contribution in [0.2, 0.25) is 0 Å². The summed E-state index contributed by atoms with van der Waals surface area (Å²) in [6.07, 6.45) is 3.34. The summed E-state index contributed by atoms with van der Waals surface area (Å²) in [5, 5.41) is 6.84. The smallest absolute Gasteiger partial charge is 0.234 e. The van der Waals surface area contributed by atoms with Gasteiger partial charge in [0.05, 0.1) is 12.1 Å². The van der Waals surface area contributed by atoms with Gasteiger partial charge in [-0.25, -0.2) is 0 Å². The van der Waals surface area contributed by atoms with Crippen molar-refractivity contribution >= 4 is 11.8 Å². The molecule has 4 nitrogen and oxygen atoms in total. The van der Waals surface area contributed by atoms with Crippen LogP contribution in [0.3, 0.4) is 0 Å². The molecule has 1 aliphatic carbocycles. The highest BCUT2D eigenvalue weighted by Gasteiger charge is 2.22. The Morgan fingerprint density at radius 1 is 1.29 bits per heavy atom. The Hall–Kier alpha value is -2.10. The molecule has 1 heterocycles. The van der Waals surface area contributed by atoms with Crippen LogP contribution >= 0.6 is 0 Å². The highest BCUT2D eigenvalue weighted by atomic mass is 16.5. The maximum atomic E-state index is 12.1. The van der Waals surface area contributed by atoms with Gasteiger partial charge in [0.1, 0.15) is 0 Å². The minimum absolute atomic E-state index is 0.0573. The summed E-state index contributed by atoms with van der Waals surface area (Å²) in [5.74, 6) is 0.981. The lowest BCUT2D eigenvalue weighted by Gasteiger charge is -2.07. The fourth-order valence-electron chi connectivity index (χ4n) is 2.70. The number of fused-ring (bicyclic) bond motifs is 1. The summed E-state index contributed by atoms with van der Waals surface area (Å²) in [5.41, 5.74) is 4.35. The third kappa shape index (κ3) is 2.99. The van der Waals surface area contributed by atoms with E-state index in [0.29, 0.717) is 18.2 Å². The van der Waals surface area contributed by atoms with E-state index >= 15 is 0 Å². The second-order valence-corrected chi connectivity index (χ2v) is 5.91. The maximum Gasteiger partial charge on any atom is 0.234 e. The first-order valence-corrected chi connectivity index (χ1v) is 7.49. The molecule has 21 heavy (non-hydrogen) atoms. The van der Waals surface area contributed by atoms with Crippen LogP contribution < -0.4 is 5.32 Å². The summed E-state index contributed by atoms with van der Waals surface area (Å²) in [7, 11) is 0. The van der Waals surface area contributed by atoms with E-state index in [9.17, 15) is 4.79 Å². The van der Waals surface area contributed by atoms with Crippen molar-refractivity contribution in [3.63, 3.8) is 0 Å². The molecule has 1 amide bonds. The Balaban J connectivity index is 1.63. The van der Waals surface area contributed by atoms with Crippen molar-refractivity contribution in [3.05, 3.63) is 46.6 Å². The molecule has 0 bridgehead atoms. The zero-order valence-electron chi connectivity index (χ0n) is 12.5. The van der Waals surface area contributed by atoms with Crippen LogP contribution in [0.5, 0.6) is 0 Å². The zero-order chi connectivity index (χ0) is 14.8. The maximum absolute atomic E-state index is 12.1. The Kier molecular flexibility index (Phi) is 3.78. The van der Waals surface area contributed by atoms with Gasteiger partial charge in [-0.1, -0.05) is 43.3 Å². The van der Waals surface area contributed by atoms with Gasteiger partial charge >= 0.3 is 0 Å². The fourth-order valence-corrected chi connectivity index (χ4v) is 2.70. The van der Waals surface area contributed by atoms with Crippen LogP contribution in [0, 0.1) is 0 Å². The average molecular weight is 284 g/mol. The standard InChI is InChI=1S/C17H20N2O2/c1-11(2)13-8-6-12(7-9-13)10-16(20)18-17-14-4-3-5-15(14)19-21-17/h6-9,11H,3-5,10H2,1-2H3,(H,18,20). The van der Waals surface area contributed by atoms with Crippen molar-refractivity contribution in [1.82, 2.24) is 5.16 Å². The van der Waals surface area contributed by atoms with Crippen LogP contribution in [-0.4, -0.2) is 11.1 Å². The summed E-state index contributed by atoms with van der Waals surface area (Å²) >= 11 is 0. The molecular weight excluding hydrogens is 264 g/mol. The van der Waals surface area contributed by atoms with Gasteiger partial charge in [0.15, 0.2) is 0 Å². The molecular formula is C17H20N2O2. The lowest BCUT2D eigenvalue weighted by atomic mass is 10.0. The normalized spacial score (nSPS) is 13.5. The van der Waals surface area contributed by atoms with Crippen molar-refractivity contribution in [2.45, 2.75) is 45.4 Å². The van der Waals surface area contributed by atoms with Crippen molar-refractivity contribution < 1.29 is 9.32 Å². The van der Waals surface area contributed by atoms with Gasteiger partial charge < -0.3 is 4.52 Å². The monoisotopic (exact) mass is 284 g/mol. The van der Waals surface area contributed by atoms with Gasteiger partial charge in [0.25, 0.3) is 0 Å². The van der Waals surface area contributed by atoms with Gasteiger partial charge in [0.2, 0.25) is 11.8 Å². The number of aryl methyl sites for hydroxylation is 1. The number of rotatable bonds is 4.